The van der Waals surface area contributed by atoms with Crippen molar-refractivity contribution in [3.05, 3.63) is 23.8 Å². The lowest BCUT2D eigenvalue weighted by atomic mass is 10.1. The lowest BCUT2D eigenvalue weighted by molar-refractivity contribution is 0.234. The number of carbonyl (C=O) groups is 1. The SMILES string of the molecule is CCC(C)NC(=O)NC(C)c1ccc(OC)cc1OC. The van der Waals surface area contributed by atoms with E-state index in [0.29, 0.717) is 5.75 Å². The van der Waals surface area contributed by atoms with Crippen LogP contribution in [0, 0.1) is 0 Å². The van der Waals surface area contributed by atoms with E-state index in [2.05, 4.69) is 10.6 Å². The number of amides is 2. The van der Waals surface area contributed by atoms with Gasteiger partial charge in [-0.25, -0.2) is 4.79 Å². The van der Waals surface area contributed by atoms with Crippen molar-refractivity contribution < 1.29 is 14.3 Å². The summed E-state index contributed by atoms with van der Waals surface area (Å²) in [4.78, 5) is 11.8. The Morgan fingerprint density at radius 2 is 1.90 bits per heavy atom. The first-order valence-corrected chi connectivity index (χ1v) is 6.80. The third kappa shape index (κ3) is 4.33. The van der Waals surface area contributed by atoms with E-state index in [4.69, 9.17) is 9.47 Å². The molecular weight excluding hydrogens is 256 g/mol. The van der Waals surface area contributed by atoms with E-state index in [1.165, 1.54) is 0 Å². The molecule has 0 radical (unpaired) electrons. The van der Waals surface area contributed by atoms with Gasteiger partial charge in [0.1, 0.15) is 11.5 Å². The van der Waals surface area contributed by atoms with Gasteiger partial charge in [0.05, 0.1) is 20.3 Å². The van der Waals surface area contributed by atoms with Gasteiger partial charge in [-0.3, -0.25) is 0 Å². The predicted octanol–water partition coefficient (Wildman–Crippen LogP) is 2.86. The molecule has 2 atom stereocenters. The molecule has 5 nitrogen and oxygen atoms in total. The Bertz CT molecular complexity index is 449. The van der Waals surface area contributed by atoms with Gasteiger partial charge in [-0.15, -0.1) is 0 Å². The number of urea groups is 1. The second kappa shape index (κ2) is 7.62. The Morgan fingerprint density at radius 3 is 2.45 bits per heavy atom. The molecule has 2 amide bonds. The third-order valence-corrected chi connectivity index (χ3v) is 3.24. The molecule has 0 spiro atoms. The van der Waals surface area contributed by atoms with Crippen molar-refractivity contribution in [2.24, 2.45) is 0 Å². The average molecular weight is 280 g/mol. The van der Waals surface area contributed by atoms with E-state index < -0.39 is 0 Å². The fourth-order valence-corrected chi connectivity index (χ4v) is 1.82. The number of methoxy groups -OCH3 is 2. The van der Waals surface area contributed by atoms with Crippen LogP contribution in [0.2, 0.25) is 0 Å². The van der Waals surface area contributed by atoms with Crippen molar-refractivity contribution in [3.8, 4) is 11.5 Å². The summed E-state index contributed by atoms with van der Waals surface area (Å²) in [5.41, 5.74) is 0.910. The van der Waals surface area contributed by atoms with E-state index in [9.17, 15) is 4.79 Å². The molecular formula is C15H24N2O3. The van der Waals surface area contributed by atoms with Crippen molar-refractivity contribution in [1.82, 2.24) is 10.6 Å². The summed E-state index contributed by atoms with van der Waals surface area (Å²) in [6.07, 6.45) is 0.896. The molecule has 5 heteroatoms. The van der Waals surface area contributed by atoms with E-state index in [1.54, 1.807) is 20.3 Å². The molecule has 0 heterocycles. The van der Waals surface area contributed by atoms with E-state index in [1.807, 2.05) is 32.9 Å². The second-order valence-electron chi connectivity index (χ2n) is 4.76. The predicted molar refractivity (Wildman–Crippen MR) is 79.4 cm³/mol. The minimum Gasteiger partial charge on any atom is -0.497 e. The standard InChI is InChI=1S/C15H24N2O3/c1-6-10(2)16-15(18)17-11(3)13-8-7-12(19-4)9-14(13)20-5/h7-11H,6H2,1-5H3,(H2,16,17,18). The van der Waals surface area contributed by atoms with Gasteiger partial charge in [0.2, 0.25) is 0 Å². The highest BCUT2D eigenvalue weighted by atomic mass is 16.5. The van der Waals surface area contributed by atoms with E-state index in [0.717, 1.165) is 17.7 Å². The molecule has 0 aliphatic carbocycles. The van der Waals surface area contributed by atoms with Crippen LogP contribution in [0.4, 0.5) is 4.79 Å². The molecule has 0 saturated carbocycles. The summed E-state index contributed by atoms with van der Waals surface area (Å²) in [5.74, 6) is 1.42. The molecule has 0 fully saturated rings. The topological polar surface area (TPSA) is 59.6 Å². The Kier molecular flexibility index (Phi) is 6.15. The van der Waals surface area contributed by atoms with Crippen molar-refractivity contribution in [2.45, 2.75) is 39.3 Å². The maximum absolute atomic E-state index is 11.8. The molecule has 2 unspecified atom stereocenters. The summed E-state index contributed by atoms with van der Waals surface area (Å²) >= 11 is 0. The molecule has 2 N–H and O–H groups in total. The third-order valence-electron chi connectivity index (χ3n) is 3.24. The maximum atomic E-state index is 11.8. The summed E-state index contributed by atoms with van der Waals surface area (Å²) in [6, 6.07) is 5.37. The molecule has 0 aliphatic heterocycles. The van der Waals surface area contributed by atoms with Gasteiger partial charge in [0.25, 0.3) is 0 Å². The van der Waals surface area contributed by atoms with Crippen molar-refractivity contribution in [1.29, 1.82) is 0 Å². The lowest BCUT2D eigenvalue weighted by Gasteiger charge is -2.20. The van der Waals surface area contributed by atoms with Crippen LogP contribution >= 0.6 is 0 Å². The summed E-state index contributed by atoms with van der Waals surface area (Å²) in [5, 5.41) is 5.78. The number of nitrogens with one attached hydrogen (secondary N) is 2. The Labute approximate surface area is 120 Å². The number of hydrogen-bond donors (Lipinski definition) is 2. The van der Waals surface area contributed by atoms with Crippen molar-refractivity contribution in [3.63, 3.8) is 0 Å². The Morgan fingerprint density at radius 1 is 1.20 bits per heavy atom. The van der Waals surface area contributed by atoms with Gasteiger partial charge < -0.3 is 20.1 Å². The largest absolute Gasteiger partial charge is 0.497 e. The van der Waals surface area contributed by atoms with Crippen LogP contribution in [0.15, 0.2) is 18.2 Å². The molecule has 1 rings (SSSR count). The second-order valence-corrected chi connectivity index (χ2v) is 4.76. The van der Waals surface area contributed by atoms with Crippen LogP contribution in [0.25, 0.3) is 0 Å². The minimum atomic E-state index is -0.176. The smallest absolute Gasteiger partial charge is 0.315 e. The summed E-state index contributed by atoms with van der Waals surface area (Å²) in [6.45, 7) is 5.92. The molecule has 20 heavy (non-hydrogen) atoms. The highest BCUT2D eigenvalue weighted by Crippen LogP contribution is 2.29. The Balaban J connectivity index is 2.76. The monoisotopic (exact) mass is 280 g/mol. The molecule has 0 aliphatic rings. The molecule has 1 aromatic rings. The fraction of sp³-hybridized carbons (Fsp3) is 0.533. The van der Waals surface area contributed by atoms with Gasteiger partial charge in [-0.2, -0.15) is 0 Å². The summed E-state index contributed by atoms with van der Waals surface area (Å²) in [7, 11) is 3.21. The number of hydrogen-bond acceptors (Lipinski definition) is 3. The van der Waals surface area contributed by atoms with Gasteiger partial charge in [-0.05, 0) is 32.4 Å². The highest BCUT2D eigenvalue weighted by Gasteiger charge is 2.15. The van der Waals surface area contributed by atoms with Crippen molar-refractivity contribution in [2.75, 3.05) is 14.2 Å². The van der Waals surface area contributed by atoms with Crippen LogP contribution in [-0.2, 0) is 0 Å². The van der Waals surface area contributed by atoms with Gasteiger partial charge in [0, 0.05) is 17.7 Å². The first kappa shape index (κ1) is 16.1. The lowest BCUT2D eigenvalue weighted by Crippen LogP contribution is -2.41. The van der Waals surface area contributed by atoms with Crippen LogP contribution in [0.3, 0.4) is 0 Å². The molecule has 0 aromatic heterocycles. The molecule has 1 aromatic carbocycles. The number of carbonyl (C=O) groups excluding carboxylic acids is 1. The molecule has 0 saturated heterocycles. The van der Waals surface area contributed by atoms with E-state index >= 15 is 0 Å². The number of ether oxygens (including phenoxy) is 2. The quantitative estimate of drug-likeness (QED) is 0.842. The average Bonchev–Trinajstić information content (AvgIpc) is 2.45. The fourth-order valence-electron chi connectivity index (χ4n) is 1.82. The van der Waals surface area contributed by atoms with Crippen LogP contribution in [0.5, 0.6) is 11.5 Å². The molecule has 112 valence electrons. The number of benzene rings is 1. The zero-order chi connectivity index (χ0) is 15.1. The molecule has 0 bridgehead atoms. The van der Waals surface area contributed by atoms with E-state index in [-0.39, 0.29) is 18.1 Å². The van der Waals surface area contributed by atoms with Gasteiger partial charge in [0.15, 0.2) is 0 Å². The zero-order valence-corrected chi connectivity index (χ0v) is 12.8. The maximum Gasteiger partial charge on any atom is 0.315 e. The van der Waals surface area contributed by atoms with Crippen LogP contribution < -0.4 is 20.1 Å². The first-order valence-electron chi connectivity index (χ1n) is 6.80. The normalized spacial score (nSPS) is 13.2. The summed E-state index contributed by atoms with van der Waals surface area (Å²) < 4.78 is 10.5. The van der Waals surface area contributed by atoms with Gasteiger partial charge >= 0.3 is 6.03 Å². The zero-order valence-electron chi connectivity index (χ0n) is 12.8. The van der Waals surface area contributed by atoms with Crippen LogP contribution in [0.1, 0.15) is 38.8 Å². The van der Waals surface area contributed by atoms with Crippen LogP contribution in [-0.4, -0.2) is 26.3 Å². The first-order chi connectivity index (χ1) is 9.51. The van der Waals surface area contributed by atoms with Gasteiger partial charge in [-0.1, -0.05) is 6.92 Å². The van der Waals surface area contributed by atoms with Crippen molar-refractivity contribution >= 4 is 6.03 Å². The minimum absolute atomic E-state index is 0.153. The highest BCUT2D eigenvalue weighted by molar-refractivity contribution is 5.74. The number of rotatable bonds is 6. The Hall–Kier alpha value is -1.91.